The Morgan fingerprint density at radius 2 is 1.25 bits per heavy atom. The molecule has 0 aromatic heterocycles. The van der Waals surface area contributed by atoms with E-state index in [9.17, 15) is 9.59 Å². The fraction of sp³-hybridized carbons (Fsp3) is 0.667. The number of carboxylic acid groups (broad SMARTS) is 2. The Morgan fingerprint density at radius 3 is 1.42 bits per heavy atom. The third kappa shape index (κ3) is 5.12. The van der Waals surface area contributed by atoms with Crippen molar-refractivity contribution in [2.45, 2.75) is 20.7 Å². The lowest BCUT2D eigenvalue weighted by Crippen LogP contribution is -2.18. The van der Waals surface area contributed by atoms with Gasteiger partial charge in [-0.05, 0) is 12.8 Å². The molecule has 0 rings (SSSR count). The molecule has 0 saturated carbocycles. The van der Waals surface area contributed by atoms with Gasteiger partial charge in [0.2, 0.25) is 0 Å². The Hall–Kier alpha value is 0.400. The van der Waals surface area contributed by atoms with E-state index >= 15 is 0 Å². The van der Waals surface area contributed by atoms with Gasteiger partial charge in [-0.15, -0.1) is 0 Å². The van der Waals surface area contributed by atoms with Crippen molar-refractivity contribution in [3.05, 3.63) is 0 Å². The standard InChI is InChI=1S/C6H8I2O4/c7-3(5(9)10)1-2-4(8)6(11)12/h3-4H,1-2H2,(H,9,10)(H,11,12)/t3-,4+. The van der Waals surface area contributed by atoms with Crippen LogP contribution in [0, 0.1) is 0 Å². The number of carboxylic acids is 2. The van der Waals surface area contributed by atoms with Gasteiger partial charge in [0, 0.05) is 0 Å². The molecule has 0 heterocycles. The zero-order chi connectivity index (χ0) is 9.72. The average molecular weight is 398 g/mol. The zero-order valence-corrected chi connectivity index (χ0v) is 10.4. The van der Waals surface area contributed by atoms with Crippen LogP contribution < -0.4 is 0 Å². The van der Waals surface area contributed by atoms with Gasteiger partial charge in [0.25, 0.3) is 0 Å². The number of alkyl halides is 2. The molecule has 4 nitrogen and oxygen atoms in total. The molecule has 0 aliphatic carbocycles. The summed E-state index contributed by atoms with van der Waals surface area (Å²) in [7, 11) is 0. The van der Waals surface area contributed by atoms with Crippen LogP contribution in [0.2, 0.25) is 0 Å². The second kappa shape index (κ2) is 5.95. The summed E-state index contributed by atoms with van der Waals surface area (Å²) in [5, 5.41) is 17.0. The molecule has 2 atom stereocenters. The molecule has 0 radical (unpaired) electrons. The third-order valence-electron chi connectivity index (χ3n) is 1.21. The van der Waals surface area contributed by atoms with E-state index < -0.39 is 19.8 Å². The van der Waals surface area contributed by atoms with Crippen LogP contribution in [0.4, 0.5) is 0 Å². The highest BCUT2D eigenvalue weighted by Gasteiger charge is 2.18. The summed E-state index contributed by atoms with van der Waals surface area (Å²) in [6.45, 7) is 0. The number of hydrogen-bond donors (Lipinski definition) is 2. The van der Waals surface area contributed by atoms with Gasteiger partial charge in [-0.2, -0.15) is 0 Å². The van der Waals surface area contributed by atoms with Gasteiger partial charge >= 0.3 is 11.9 Å². The first-order valence-electron chi connectivity index (χ1n) is 3.19. The van der Waals surface area contributed by atoms with E-state index in [1.807, 2.05) is 0 Å². The molecule has 12 heavy (non-hydrogen) atoms. The Bertz CT molecular complexity index is 162. The lowest BCUT2D eigenvalue weighted by molar-refractivity contribution is -0.138. The molecule has 0 aromatic carbocycles. The molecule has 70 valence electrons. The predicted octanol–water partition coefficient (Wildman–Crippen LogP) is 1.54. The summed E-state index contributed by atoms with van der Waals surface area (Å²) in [6.07, 6.45) is 0.797. The maximum absolute atomic E-state index is 10.3. The van der Waals surface area contributed by atoms with E-state index in [2.05, 4.69) is 0 Å². The van der Waals surface area contributed by atoms with Crippen molar-refractivity contribution in [1.29, 1.82) is 0 Å². The van der Waals surface area contributed by atoms with Crippen LogP contribution >= 0.6 is 45.2 Å². The van der Waals surface area contributed by atoms with Gasteiger partial charge in [-0.1, -0.05) is 45.2 Å². The molecule has 0 aromatic rings. The number of halogens is 2. The van der Waals surface area contributed by atoms with Gasteiger partial charge in [-0.3, -0.25) is 9.59 Å². The fourth-order valence-corrected chi connectivity index (χ4v) is 1.26. The fourth-order valence-electron chi connectivity index (χ4n) is 0.540. The third-order valence-corrected chi connectivity index (χ3v) is 3.52. The molecule has 0 spiro atoms. The largest absolute Gasteiger partial charge is 0.480 e. The first-order chi connectivity index (χ1) is 5.45. The Labute approximate surface area is 97.0 Å². The summed E-state index contributed by atoms with van der Waals surface area (Å²) >= 11 is 3.58. The first-order valence-corrected chi connectivity index (χ1v) is 5.68. The highest BCUT2D eigenvalue weighted by molar-refractivity contribution is 14.1. The predicted molar refractivity (Wildman–Crippen MR) is 60.1 cm³/mol. The molecule has 0 fully saturated rings. The minimum Gasteiger partial charge on any atom is -0.480 e. The van der Waals surface area contributed by atoms with Crippen molar-refractivity contribution in [3.8, 4) is 0 Å². The molecule has 6 heteroatoms. The van der Waals surface area contributed by atoms with Gasteiger partial charge in [0.15, 0.2) is 0 Å². The Morgan fingerprint density at radius 1 is 1.00 bits per heavy atom. The minimum absolute atomic E-state index is 0.399. The van der Waals surface area contributed by atoms with Crippen molar-refractivity contribution >= 4 is 57.1 Å². The van der Waals surface area contributed by atoms with Crippen molar-refractivity contribution in [3.63, 3.8) is 0 Å². The lowest BCUT2D eigenvalue weighted by atomic mass is 10.2. The van der Waals surface area contributed by atoms with Crippen molar-refractivity contribution < 1.29 is 19.8 Å². The van der Waals surface area contributed by atoms with Crippen LogP contribution in [0.5, 0.6) is 0 Å². The molecular weight excluding hydrogens is 390 g/mol. The van der Waals surface area contributed by atoms with Gasteiger partial charge in [0.1, 0.15) is 7.85 Å². The molecular formula is C6H8I2O4. The molecule has 0 amide bonds. The van der Waals surface area contributed by atoms with Crippen LogP contribution in [0.1, 0.15) is 12.8 Å². The zero-order valence-electron chi connectivity index (χ0n) is 6.04. The van der Waals surface area contributed by atoms with E-state index in [0.29, 0.717) is 12.8 Å². The number of hydrogen-bond acceptors (Lipinski definition) is 2. The minimum atomic E-state index is -0.885. The summed E-state index contributed by atoms with van der Waals surface area (Å²) in [4.78, 5) is 20.6. The summed E-state index contributed by atoms with van der Waals surface area (Å²) in [5.74, 6) is -1.77. The number of aliphatic carboxylic acids is 2. The van der Waals surface area contributed by atoms with Crippen LogP contribution in [0.3, 0.4) is 0 Å². The van der Waals surface area contributed by atoms with Gasteiger partial charge < -0.3 is 10.2 Å². The summed E-state index contributed by atoms with van der Waals surface area (Å²) in [6, 6.07) is 0. The van der Waals surface area contributed by atoms with E-state index in [1.165, 1.54) is 0 Å². The highest BCUT2D eigenvalue weighted by Crippen LogP contribution is 2.15. The number of rotatable bonds is 5. The smallest absolute Gasteiger partial charge is 0.316 e. The van der Waals surface area contributed by atoms with E-state index in [0.717, 1.165) is 0 Å². The second-order valence-electron chi connectivity index (χ2n) is 2.19. The Balaban J connectivity index is 3.68. The average Bonchev–Trinajstić information content (AvgIpc) is 1.98. The van der Waals surface area contributed by atoms with Gasteiger partial charge in [-0.25, -0.2) is 0 Å². The van der Waals surface area contributed by atoms with E-state index in [4.69, 9.17) is 10.2 Å². The van der Waals surface area contributed by atoms with Crippen molar-refractivity contribution in [2.24, 2.45) is 0 Å². The molecule has 0 bridgehead atoms. The molecule has 0 unspecified atom stereocenters. The quantitative estimate of drug-likeness (QED) is 0.545. The lowest BCUT2D eigenvalue weighted by Gasteiger charge is -2.05. The summed E-state index contributed by atoms with van der Waals surface area (Å²) in [5.41, 5.74) is 0. The molecule has 2 N–H and O–H groups in total. The van der Waals surface area contributed by atoms with E-state index in [1.54, 1.807) is 45.2 Å². The van der Waals surface area contributed by atoms with Crippen LogP contribution in [0.25, 0.3) is 0 Å². The maximum atomic E-state index is 10.3. The van der Waals surface area contributed by atoms with Crippen molar-refractivity contribution in [2.75, 3.05) is 0 Å². The normalized spacial score (nSPS) is 15.2. The van der Waals surface area contributed by atoms with E-state index in [-0.39, 0.29) is 0 Å². The maximum Gasteiger partial charge on any atom is 0.316 e. The van der Waals surface area contributed by atoms with Crippen molar-refractivity contribution in [1.82, 2.24) is 0 Å². The molecule has 0 aliphatic rings. The highest BCUT2D eigenvalue weighted by atomic mass is 127. The topological polar surface area (TPSA) is 74.6 Å². The molecule has 0 aliphatic heterocycles. The number of carbonyl (C=O) groups is 2. The molecule has 0 saturated heterocycles. The van der Waals surface area contributed by atoms with Crippen LogP contribution in [0.15, 0.2) is 0 Å². The first kappa shape index (κ1) is 12.4. The summed E-state index contributed by atoms with van der Waals surface area (Å²) < 4.78 is -0.974. The van der Waals surface area contributed by atoms with Gasteiger partial charge in [0.05, 0.1) is 0 Å². The van der Waals surface area contributed by atoms with Crippen LogP contribution in [-0.4, -0.2) is 30.0 Å². The second-order valence-corrected chi connectivity index (χ2v) is 5.20. The van der Waals surface area contributed by atoms with Crippen LogP contribution in [-0.2, 0) is 9.59 Å². The monoisotopic (exact) mass is 398 g/mol. The SMILES string of the molecule is O=C(O)[C@H](I)CC[C@H](I)C(=O)O. The Kier molecular flexibility index (Phi) is 6.14.